The number of ether oxygens (including phenoxy) is 1. The van der Waals surface area contributed by atoms with Crippen molar-refractivity contribution in [2.75, 3.05) is 0 Å². The number of aliphatic hydroxyl groups excluding tert-OH is 1. The predicted octanol–water partition coefficient (Wildman–Crippen LogP) is 4.15. The molecule has 0 aliphatic heterocycles. The van der Waals surface area contributed by atoms with E-state index in [0.29, 0.717) is 21.9 Å². The van der Waals surface area contributed by atoms with Gasteiger partial charge in [-0.25, -0.2) is 0 Å². The number of hydrogen-bond donors (Lipinski definition) is 1. The van der Waals surface area contributed by atoms with Crippen LogP contribution in [-0.2, 0) is 6.61 Å². The van der Waals surface area contributed by atoms with Crippen molar-refractivity contribution in [3.05, 3.63) is 62.2 Å². The summed E-state index contributed by atoms with van der Waals surface area (Å²) in [6, 6.07) is 8.00. The molecule has 2 rings (SSSR count). The second kappa shape index (κ2) is 6.11. The normalized spacial score (nSPS) is 10.5. The first-order valence-electron chi connectivity index (χ1n) is 6.25. The van der Waals surface area contributed by atoms with Crippen molar-refractivity contribution < 1.29 is 14.8 Å². The number of benzene rings is 2. The summed E-state index contributed by atoms with van der Waals surface area (Å²) in [5.74, 6) is 0.513. The molecule has 1 N–H and O–H groups in total. The zero-order valence-corrected chi connectivity index (χ0v) is 12.3. The molecule has 0 amide bonds. The number of aryl methyl sites for hydroxylation is 2. The average Bonchev–Trinajstić information content (AvgIpc) is 2.42. The maximum Gasteiger partial charge on any atom is 0.312 e. The third-order valence-corrected chi connectivity index (χ3v) is 3.24. The molecular formula is C15H14ClNO4. The molecule has 21 heavy (non-hydrogen) atoms. The van der Waals surface area contributed by atoms with Crippen LogP contribution in [0.15, 0.2) is 30.3 Å². The fraction of sp³-hybridized carbons (Fsp3) is 0.200. The number of hydrogen-bond acceptors (Lipinski definition) is 4. The Morgan fingerprint density at radius 1 is 1.29 bits per heavy atom. The predicted molar refractivity (Wildman–Crippen MR) is 80.0 cm³/mol. The van der Waals surface area contributed by atoms with Gasteiger partial charge in [0.25, 0.3) is 0 Å². The van der Waals surface area contributed by atoms with Crippen molar-refractivity contribution in [1.82, 2.24) is 0 Å². The summed E-state index contributed by atoms with van der Waals surface area (Å²) in [6.45, 7) is 3.25. The van der Waals surface area contributed by atoms with E-state index in [4.69, 9.17) is 16.3 Å². The smallest absolute Gasteiger partial charge is 0.312 e. The van der Waals surface area contributed by atoms with Crippen molar-refractivity contribution in [3.63, 3.8) is 0 Å². The van der Waals surface area contributed by atoms with Gasteiger partial charge in [-0.05, 0) is 43.2 Å². The van der Waals surface area contributed by atoms with Crippen molar-refractivity contribution >= 4 is 17.3 Å². The van der Waals surface area contributed by atoms with E-state index in [0.717, 1.165) is 5.56 Å². The highest BCUT2D eigenvalue weighted by atomic mass is 35.5. The molecule has 0 aliphatic carbocycles. The summed E-state index contributed by atoms with van der Waals surface area (Å²) in [6.07, 6.45) is 0. The highest BCUT2D eigenvalue weighted by Gasteiger charge is 2.20. The van der Waals surface area contributed by atoms with Gasteiger partial charge in [-0.3, -0.25) is 10.1 Å². The number of rotatable bonds is 4. The lowest BCUT2D eigenvalue weighted by Crippen LogP contribution is -1.99. The topological polar surface area (TPSA) is 72.6 Å². The van der Waals surface area contributed by atoms with Crippen LogP contribution in [0.5, 0.6) is 11.5 Å². The van der Waals surface area contributed by atoms with Crippen LogP contribution < -0.4 is 4.74 Å². The quantitative estimate of drug-likeness (QED) is 0.680. The summed E-state index contributed by atoms with van der Waals surface area (Å²) >= 11 is 5.86. The fourth-order valence-corrected chi connectivity index (χ4v) is 2.28. The Labute approximate surface area is 126 Å². The molecule has 0 heterocycles. The Balaban J connectivity index is 2.51. The summed E-state index contributed by atoms with van der Waals surface area (Å²) < 4.78 is 5.67. The van der Waals surface area contributed by atoms with Crippen LogP contribution in [0.4, 0.5) is 5.69 Å². The Bertz CT molecular complexity index is 700. The number of nitrogens with zero attached hydrogens (tertiary/aromatic N) is 1. The van der Waals surface area contributed by atoms with Crippen molar-refractivity contribution in [2.45, 2.75) is 20.5 Å². The van der Waals surface area contributed by atoms with Gasteiger partial charge < -0.3 is 9.84 Å². The zero-order valence-electron chi connectivity index (χ0n) is 11.6. The van der Waals surface area contributed by atoms with Gasteiger partial charge in [-0.15, -0.1) is 0 Å². The van der Waals surface area contributed by atoms with Crippen LogP contribution in [0.2, 0.25) is 5.02 Å². The standard InChI is InChI=1S/C15H14ClNO4/c1-9-5-10(2)15(13(6-9)17(19)20)21-14-4-3-12(16)7-11(14)8-18/h3-7,18H,8H2,1-2H3. The summed E-state index contributed by atoms with van der Waals surface area (Å²) in [4.78, 5) is 10.7. The fourth-order valence-electron chi connectivity index (χ4n) is 2.08. The van der Waals surface area contributed by atoms with Crippen molar-refractivity contribution in [3.8, 4) is 11.5 Å². The van der Waals surface area contributed by atoms with Gasteiger partial charge >= 0.3 is 5.69 Å². The van der Waals surface area contributed by atoms with Crippen LogP contribution in [0, 0.1) is 24.0 Å². The molecule has 2 aromatic rings. The van der Waals surface area contributed by atoms with Crippen molar-refractivity contribution in [2.24, 2.45) is 0 Å². The van der Waals surface area contributed by atoms with Gasteiger partial charge in [0.05, 0.1) is 11.5 Å². The van der Waals surface area contributed by atoms with Crippen LogP contribution >= 0.6 is 11.6 Å². The van der Waals surface area contributed by atoms with Crippen LogP contribution in [0.3, 0.4) is 0 Å². The molecule has 0 fully saturated rings. The van der Waals surface area contributed by atoms with E-state index in [2.05, 4.69) is 0 Å². The average molecular weight is 308 g/mol. The van der Waals surface area contributed by atoms with Crippen LogP contribution in [0.25, 0.3) is 0 Å². The minimum Gasteiger partial charge on any atom is -0.449 e. The van der Waals surface area contributed by atoms with Gasteiger partial charge in [0.15, 0.2) is 0 Å². The lowest BCUT2D eigenvalue weighted by molar-refractivity contribution is -0.385. The van der Waals surface area contributed by atoms with Crippen LogP contribution in [-0.4, -0.2) is 10.0 Å². The molecule has 0 atom stereocenters. The molecule has 0 bridgehead atoms. The SMILES string of the molecule is Cc1cc(C)c(Oc2ccc(Cl)cc2CO)c([N+](=O)[O-])c1. The van der Waals surface area contributed by atoms with E-state index >= 15 is 0 Å². The number of nitro benzene ring substituents is 1. The highest BCUT2D eigenvalue weighted by molar-refractivity contribution is 6.30. The van der Waals surface area contributed by atoms with E-state index in [-0.39, 0.29) is 18.0 Å². The number of nitro groups is 1. The van der Waals surface area contributed by atoms with E-state index in [9.17, 15) is 15.2 Å². The van der Waals surface area contributed by atoms with Gasteiger partial charge in [-0.2, -0.15) is 0 Å². The monoisotopic (exact) mass is 307 g/mol. The molecule has 110 valence electrons. The van der Waals surface area contributed by atoms with Gasteiger partial charge in [0.2, 0.25) is 5.75 Å². The Kier molecular flexibility index (Phi) is 4.45. The lowest BCUT2D eigenvalue weighted by atomic mass is 10.1. The van der Waals surface area contributed by atoms with E-state index < -0.39 is 4.92 Å². The molecule has 0 spiro atoms. The molecule has 0 unspecified atom stereocenters. The minimum absolute atomic E-state index is 0.105. The molecule has 0 aromatic heterocycles. The molecular weight excluding hydrogens is 294 g/mol. The molecule has 0 saturated carbocycles. The first-order chi connectivity index (χ1) is 9.92. The molecule has 6 heteroatoms. The Hall–Kier alpha value is -2.11. The third-order valence-electron chi connectivity index (χ3n) is 3.00. The van der Waals surface area contributed by atoms with Crippen LogP contribution in [0.1, 0.15) is 16.7 Å². The zero-order chi connectivity index (χ0) is 15.6. The second-order valence-corrected chi connectivity index (χ2v) is 5.14. The van der Waals surface area contributed by atoms with Gasteiger partial charge in [0.1, 0.15) is 5.75 Å². The Morgan fingerprint density at radius 2 is 2.00 bits per heavy atom. The molecule has 5 nitrogen and oxygen atoms in total. The lowest BCUT2D eigenvalue weighted by Gasteiger charge is -2.13. The number of aliphatic hydroxyl groups is 1. The first kappa shape index (κ1) is 15.3. The summed E-state index contributed by atoms with van der Waals surface area (Å²) in [7, 11) is 0. The largest absolute Gasteiger partial charge is 0.449 e. The van der Waals surface area contributed by atoms with Crippen molar-refractivity contribution in [1.29, 1.82) is 0 Å². The highest BCUT2D eigenvalue weighted by Crippen LogP contribution is 2.37. The Morgan fingerprint density at radius 3 is 2.62 bits per heavy atom. The minimum atomic E-state index is -0.482. The first-order valence-corrected chi connectivity index (χ1v) is 6.63. The third kappa shape index (κ3) is 3.32. The van der Waals surface area contributed by atoms with Gasteiger partial charge in [0, 0.05) is 16.7 Å². The molecule has 2 aromatic carbocycles. The van der Waals surface area contributed by atoms with E-state index in [1.165, 1.54) is 6.07 Å². The summed E-state index contributed by atoms with van der Waals surface area (Å²) in [5, 5.41) is 21.0. The maximum atomic E-state index is 11.2. The molecule has 0 saturated heterocycles. The summed E-state index contributed by atoms with van der Waals surface area (Å²) in [5.41, 5.74) is 1.80. The number of halogens is 1. The molecule has 0 aliphatic rings. The maximum absolute atomic E-state index is 11.2. The molecule has 0 radical (unpaired) electrons. The van der Waals surface area contributed by atoms with Gasteiger partial charge in [-0.1, -0.05) is 17.7 Å². The van der Waals surface area contributed by atoms with E-state index in [1.54, 1.807) is 38.1 Å². The second-order valence-electron chi connectivity index (χ2n) is 4.70. The van der Waals surface area contributed by atoms with E-state index in [1.807, 2.05) is 0 Å².